The Labute approximate surface area is 253 Å². The highest BCUT2D eigenvalue weighted by Gasteiger charge is 2.34. The summed E-state index contributed by atoms with van der Waals surface area (Å²) in [5.74, 6) is 0.873. The van der Waals surface area contributed by atoms with Crippen LogP contribution in [0.1, 0.15) is 48.6 Å². The van der Waals surface area contributed by atoms with Crippen molar-refractivity contribution in [2.75, 3.05) is 14.2 Å². The average Bonchev–Trinajstić information content (AvgIpc) is 3.71. The van der Waals surface area contributed by atoms with Gasteiger partial charge in [0.25, 0.3) is 0 Å². The van der Waals surface area contributed by atoms with Crippen molar-refractivity contribution < 1.29 is 19.1 Å². The second kappa shape index (κ2) is 13.8. The topological polar surface area (TPSA) is 111 Å². The molecule has 10 nitrogen and oxygen atoms in total. The average molecular weight is 609 g/mol. The van der Waals surface area contributed by atoms with Gasteiger partial charge in [0.1, 0.15) is 12.6 Å². The van der Waals surface area contributed by atoms with Gasteiger partial charge in [-0.15, -0.1) is 21.5 Å². The van der Waals surface area contributed by atoms with Crippen LogP contribution in [0.5, 0.6) is 11.5 Å². The number of rotatable bonds is 11. The first-order valence-electron chi connectivity index (χ1n) is 13.8. The molecule has 0 saturated heterocycles. The van der Waals surface area contributed by atoms with E-state index < -0.39 is 6.04 Å². The Morgan fingerprint density at radius 2 is 1.86 bits per heavy atom. The maximum Gasteiger partial charge on any atom is 0.248 e. The number of hydrogen-bond donors (Lipinski definition) is 1. The molecule has 42 heavy (non-hydrogen) atoms. The molecule has 2 aromatic carbocycles. The van der Waals surface area contributed by atoms with Crippen LogP contribution in [0, 0.1) is 0 Å². The summed E-state index contributed by atoms with van der Waals surface area (Å²) in [5.41, 5.74) is 1.39. The van der Waals surface area contributed by atoms with E-state index in [9.17, 15) is 9.59 Å². The normalized spacial score (nSPS) is 14.3. The molecule has 0 radical (unpaired) electrons. The third kappa shape index (κ3) is 6.91. The summed E-state index contributed by atoms with van der Waals surface area (Å²) in [6, 6.07) is 15.6. The van der Waals surface area contributed by atoms with E-state index in [0.717, 1.165) is 36.1 Å². The van der Waals surface area contributed by atoms with Crippen molar-refractivity contribution in [1.82, 2.24) is 30.4 Å². The van der Waals surface area contributed by atoms with Crippen molar-refractivity contribution in [3.63, 3.8) is 0 Å². The van der Waals surface area contributed by atoms with E-state index in [2.05, 4.69) is 20.7 Å². The second-order valence-electron chi connectivity index (χ2n) is 10.1. The molecule has 0 unspecified atom stereocenters. The number of amides is 2. The van der Waals surface area contributed by atoms with Crippen molar-refractivity contribution in [3.05, 3.63) is 75.4 Å². The Morgan fingerprint density at radius 1 is 1.07 bits per heavy atom. The molecule has 1 N–H and O–H groups in total. The number of carbonyl (C=O) groups excluding carboxylic acids is 2. The molecule has 0 aliphatic heterocycles. The van der Waals surface area contributed by atoms with Crippen LogP contribution in [-0.2, 0) is 22.7 Å². The van der Waals surface area contributed by atoms with Gasteiger partial charge in [-0.2, -0.15) is 4.80 Å². The lowest BCUT2D eigenvalue weighted by Crippen LogP contribution is -2.47. The maximum atomic E-state index is 14.0. The summed E-state index contributed by atoms with van der Waals surface area (Å²) in [7, 11) is 3.11. The summed E-state index contributed by atoms with van der Waals surface area (Å²) in [4.78, 5) is 31.5. The molecule has 0 spiro atoms. The first-order chi connectivity index (χ1) is 20.5. The lowest BCUT2D eigenvalue weighted by atomic mass is 9.95. The molecular formula is C30H33ClN6O4S. The van der Waals surface area contributed by atoms with Gasteiger partial charge in [0.05, 0.1) is 14.2 Å². The number of thiophene rings is 1. The minimum absolute atomic E-state index is 0.0898. The molecule has 0 bridgehead atoms. The molecule has 2 amide bonds. The first-order valence-corrected chi connectivity index (χ1v) is 15.1. The molecule has 12 heteroatoms. The summed E-state index contributed by atoms with van der Waals surface area (Å²) < 4.78 is 10.7. The van der Waals surface area contributed by atoms with E-state index in [1.807, 2.05) is 35.7 Å². The molecule has 4 aromatic rings. The van der Waals surface area contributed by atoms with Crippen molar-refractivity contribution in [3.8, 4) is 22.9 Å². The fraction of sp³-hybridized carbons (Fsp3) is 0.367. The van der Waals surface area contributed by atoms with Crippen LogP contribution < -0.4 is 14.8 Å². The van der Waals surface area contributed by atoms with Crippen LogP contribution in [0.4, 0.5) is 0 Å². The molecule has 1 atom stereocenters. The van der Waals surface area contributed by atoms with Gasteiger partial charge in [-0.1, -0.05) is 55.1 Å². The molecule has 1 aliphatic rings. The van der Waals surface area contributed by atoms with Crippen molar-refractivity contribution in [2.45, 2.75) is 57.3 Å². The monoisotopic (exact) mass is 608 g/mol. The fourth-order valence-electron chi connectivity index (χ4n) is 5.14. The number of hydrogen-bond acceptors (Lipinski definition) is 8. The molecule has 2 heterocycles. The van der Waals surface area contributed by atoms with Gasteiger partial charge < -0.3 is 19.7 Å². The van der Waals surface area contributed by atoms with Gasteiger partial charge in [0, 0.05) is 28.0 Å². The number of methoxy groups -OCH3 is 2. The highest BCUT2D eigenvalue weighted by Crippen LogP contribution is 2.32. The minimum Gasteiger partial charge on any atom is -0.493 e. The Morgan fingerprint density at radius 3 is 2.57 bits per heavy atom. The fourth-order valence-corrected chi connectivity index (χ4v) is 6.17. The smallest absolute Gasteiger partial charge is 0.248 e. The number of tetrazole rings is 1. The van der Waals surface area contributed by atoms with Gasteiger partial charge in [-0.3, -0.25) is 9.59 Å². The molecule has 1 saturated carbocycles. The van der Waals surface area contributed by atoms with Gasteiger partial charge in [0.2, 0.25) is 17.6 Å². The standard InChI is InChI=1S/C30H33ClN6O4S/c1-40-24-15-14-20(17-25(24)41-2)29-33-35-37(34-29)19-27(38)36(18-21-9-6-7-12-23(21)31)28(26-13-8-16-42-26)30(39)32-22-10-4-3-5-11-22/h6-9,12-17,22,28H,3-5,10-11,18-19H2,1-2H3,(H,32,39)/t28-/m0/s1. The molecule has 2 aromatic heterocycles. The number of benzene rings is 2. The van der Waals surface area contributed by atoms with E-state index in [4.69, 9.17) is 21.1 Å². The minimum atomic E-state index is -0.843. The SMILES string of the molecule is COc1ccc(-c2nnn(CC(=O)N(Cc3ccccc3Cl)[C@H](C(=O)NC3CCCCC3)c3cccs3)n2)cc1OC. The van der Waals surface area contributed by atoms with Gasteiger partial charge in [-0.05, 0) is 59.3 Å². The van der Waals surface area contributed by atoms with Crippen LogP contribution >= 0.6 is 22.9 Å². The zero-order valence-corrected chi connectivity index (χ0v) is 25.1. The lowest BCUT2D eigenvalue weighted by molar-refractivity contribution is -0.142. The summed E-state index contributed by atoms with van der Waals surface area (Å²) in [5, 5.41) is 18.4. The molecular weight excluding hydrogens is 576 g/mol. The number of ether oxygens (including phenoxy) is 2. The van der Waals surface area contributed by atoms with Gasteiger partial charge >= 0.3 is 0 Å². The Balaban J connectivity index is 1.43. The second-order valence-corrected chi connectivity index (χ2v) is 11.5. The highest BCUT2D eigenvalue weighted by molar-refractivity contribution is 7.10. The predicted molar refractivity (Wildman–Crippen MR) is 160 cm³/mol. The number of aromatic nitrogens is 4. The van der Waals surface area contributed by atoms with E-state index in [-0.39, 0.29) is 30.9 Å². The van der Waals surface area contributed by atoms with E-state index >= 15 is 0 Å². The van der Waals surface area contributed by atoms with Crippen LogP contribution in [0.2, 0.25) is 5.02 Å². The summed E-state index contributed by atoms with van der Waals surface area (Å²) in [6.07, 6.45) is 5.20. The van der Waals surface area contributed by atoms with Crippen molar-refractivity contribution in [1.29, 1.82) is 0 Å². The van der Waals surface area contributed by atoms with E-state index in [0.29, 0.717) is 27.9 Å². The molecule has 5 rings (SSSR count). The van der Waals surface area contributed by atoms with Crippen molar-refractivity contribution in [2.24, 2.45) is 0 Å². The van der Waals surface area contributed by atoms with Crippen LogP contribution in [-0.4, -0.2) is 57.2 Å². The van der Waals surface area contributed by atoms with E-state index in [1.165, 1.54) is 22.6 Å². The predicted octanol–water partition coefficient (Wildman–Crippen LogP) is 5.29. The van der Waals surface area contributed by atoms with Crippen LogP contribution in [0.15, 0.2) is 60.0 Å². The zero-order chi connectivity index (χ0) is 29.5. The Hall–Kier alpha value is -3.96. The molecule has 1 aliphatic carbocycles. The number of nitrogens with one attached hydrogen (secondary N) is 1. The lowest BCUT2D eigenvalue weighted by Gasteiger charge is -2.32. The Bertz CT molecular complexity index is 1510. The number of carbonyl (C=O) groups is 2. The van der Waals surface area contributed by atoms with Crippen LogP contribution in [0.3, 0.4) is 0 Å². The molecule has 1 fully saturated rings. The highest BCUT2D eigenvalue weighted by atomic mass is 35.5. The first kappa shape index (κ1) is 29.5. The number of nitrogens with zero attached hydrogens (tertiary/aromatic N) is 5. The summed E-state index contributed by atoms with van der Waals surface area (Å²) >= 11 is 7.96. The largest absolute Gasteiger partial charge is 0.493 e. The third-order valence-corrected chi connectivity index (χ3v) is 8.61. The van der Waals surface area contributed by atoms with Crippen LogP contribution in [0.25, 0.3) is 11.4 Å². The molecule has 220 valence electrons. The Kier molecular flexibility index (Phi) is 9.70. The van der Waals surface area contributed by atoms with E-state index in [1.54, 1.807) is 43.4 Å². The third-order valence-electron chi connectivity index (χ3n) is 7.31. The van der Waals surface area contributed by atoms with Gasteiger partial charge in [-0.25, -0.2) is 0 Å². The zero-order valence-electron chi connectivity index (χ0n) is 23.5. The van der Waals surface area contributed by atoms with Gasteiger partial charge in [0.15, 0.2) is 11.5 Å². The quantitative estimate of drug-likeness (QED) is 0.246. The maximum absolute atomic E-state index is 14.0. The summed E-state index contributed by atoms with van der Waals surface area (Å²) in [6.45, 7) is -0.0836. The van der Waals surface area contributed by atoms with Crippen molar-refractivity contribution >= 4 is 34.8 Å². The number of halogens is 1.